The minimum Gasteiger partial charge on any atom is -0.371 e. The zero-order chi connectivity index (χ0) is 23.7. The molecular formula is C31H34N2OS. The van der Waals surface area contributed by atoms with Crippen molar-refractivity contribution in [2.75, 3.05) is 36.8 Å². The molecule has 1 amide bonds. The van der Waals surface area contributed by atoms with Gasteiger partial charge >= 0.3 is 0 Å². The minimum absolute atomic E-state index is 0.0407. The molecule has 0 aromatic heterocycles. The molecule has 0 saturated carbocycles. The number of nitrogens with zero attached hydrogens (tertiary/aromatic N) is 2. The molecule has 35 heavy (non-hydrogen) atoms. The largest absolute Gasteiger partial charge is 0.371 e. The summed E-state index contributed by atoms with van der Waals surface area (Å²) in [6.45, 7) is 3.91. The number of hydrogen-bond donors (Lipinski definition) is 0. The fourth-order valence-electron chi connectivity index (χ4n) is 6.73. The summed E-state index contributed by atoms with van der Waals surface area (Å²) in [6.07, 6.45) is 4.11. The zero-order valence-electron chi connectivity index (χ0n) is 20.3. The van der Waals surface area contributed by atoms with E-state index in [1.54, 1.807) is 0 Å². The molecule has 180 valence electrons. The van der Waals surface area contributed by atoms with Gasteiger partial charge < -0.3 is 9.80 Å². The number of thioether (sulfide) groups is 1. The van der Waals surface area contributed by atoms with Crippen LogP contribution in [0.4, 0.5) is 5.69 Å². The van der Waals surface area contributed by atoms with Crippen LogP contribution in [0.2, 0.25) is 0 Å². The van der Waals surface area contributed by atoms with Gasteiger partial charge in [0.25, 0.3) is 0 Å². The first kappa shape index (κ1) is 22.7. The van der Waals surface area contributed by atoms with Crippen LogP contribution in [0.1, 0.15) is 36.0 Å². The highest BCUT2D eigenvalue weighted by molar-refractivity contribution is 8.00. The molecule has 0 N–H and O–H groups in total. The Balaban J connectivity index is 1.29. The summed E-state index contributed by atoms with van der Waals surface area (Å²) in [5.74, 6) is 1.83. The fraction of sp³-hybridized carbons (Fsp3) is 0.387. The van der Waals surface area contributed by atoms with Crippen LogP contribution in [0.3, 0.4) is 0 Å². The lowest BCUT2D eigenvalue weighted by molar-refractivity contribution is -0.129. The quantitative estimate of drug-likeness (QED) is 0.461. The first-order valence-corrected chi connectivity index (χ1v) is 14.1. The van der Waals surface area contributed by atoms with E-state index < -0.39 is 0 Å². The van der Waals surface area contributed by atoms with E-state index in [9.17, 15) is 4.79 Å². The number of amides is 1. The SMILES string of the molecule is O=C(Cc1ccccc1N1CCCC1)N1C[C@H]2SCCC(c3ccccc3)(c3ccccc3)[C@H]2C1. The lowest BCUT2D eigenvalue weighted by Gasteiger charge is -2.46. The van der Waals surface area contributed by atoms with Gasteiger partial charge in [-0.15, -0.1) is 0 Å². The third kappa shape index (κ3) is 4.16. The first-order chi connectivity index (χ1) is 17.3. The Kier molecular flexibility index (Phi) is 6.32. The molecule has 3 aromatic carbocycles. The van der Waals surface area contributed by atoms with Crippen LogP contribution < -0.4 is 4.90 Å². The van der Waals surface area contributed by atoms with Crippen LogP contribution in [0.15, 0.2) is 84.9 Å². The van der Waals surface area contributed by atoms with Gasteiger partial charge in [0.15, 0.2) is 0 Å². The van der Waals surface area contributed by atoms with E-state index in [2.05, 4.69) is 106 Å². The predicted octanol–water partition coefficient (Wildman–Crippen LogP) is 5.78. The van der Waals surface area contributed by atoms with Gasteiger partial charge in [0, 0.05) is 48.4 Å². The molecule has 3 heterocycles. The number of hydrogen-bond acceptors (Lipinski definition) is 3. The van der Waals surface area contributed by atoms with Gasteiger partial charge in [-0.2, -0.15) is 11.8 Å². The first-order valence-electron chi connectivity index (χ1n) is 13.1. The lowest BCUT2D eigenvalue weighted by Crippen LogP contribution is -2.45. The molecule has 6 rings (SSSR count). The van der Waals surface area contributed by atoms with Crippen molar-refractivity contribution in [1.29, 1.82) is 0 Å². The maximum atomic E-state index is 13.7. The molecule has 3 fully saturated rings. The number of benzene rings is 3. The molecule has 0 bridgehead atoms. The van der Waals surface area contributed by atoms with Crippen LogP contribution in [0.5, 0.6) is 0 Å². The monoisotopic (exact) mass is 482 g/mol. The van der Waals surface area contributed by atoms with E-state index in [1.807, 2.05) is 0 Å². The summed E-state index contributed by atoms with van der Waals surface area (Å²) in [5.41, 5.74) is 5.19. The number of likely N-dealkylation sites (tertiary alicyclic amines) is 1. The molecule has 3 aromatic rings. The Bertz CT molecular complexity index is 1120. The number of para-hydroxylation sites is 1. The molecule has 0 radical (unpaired) electrons. The molecule has 2 atom stereocenters. The second-order valence-electron chi connectivity index (χ2n) is 10.3. The van der Waals surface area contributed by atoms with Gasteiger partial charge in [0.2, 0.25) is 5.91 Å². The van der Waals surface area contributed by atoms with Gasteiger partial charge in [0.1, 0.15) is 0 Å². The minimum atomic E-state index is -0.0407. The Morgan fingerprint density at radius 2 is 1.46 bits per heavy atom. The molecule has 0 spiro atoms. The molecule has 3 nitrogen and oxygen atoms in total. The summed E-state index contributed by atoms with van der Waals surface area (Å²) in [7, 11) is 0. The van der Waals surface area contributed by atoms with E-state index in [4.69, 9.17) is 0 Å². The van der Waals surface area contributed by atoms with Crippen LogP contribution in [0.25, 0.3) is 0 Å². The maximum absolute atomic E-state index is 13.7. The van der Waals surface area contributed by atoms with E-state index >= 15 is 0 Å². The van der Waals surface area contributed by atoms with Gasteiger partial charge in [0.05, 0.1) is 6.42 Å². The van der Waals surface area contributed by atoms with Gasteiger partial charge in [-0.25, -0.2) is 0 Å². The lowest BCUT2D eigenvalue weighted by atomic mass is 9.63. The Labute approximate surface area is 213 Å². The van der Waals surface area contributed by atoms with Crippen molar-refractivity contribution >= 4 is 23.4 Å². The number of anilines is 1. The Hall–Kier alpha value is -2.72. The van der Waals surface area contributed by atoms with E-state index in [0.717, 1.165) is 38.4 Å². The molecule has 0 aliphatic carbocycles. The zero-order valence-corrected chi connectivity index (χ0v) is 21.1. The Morgan fingerprint density at radius 3 is 2.14 bits per heavy atom. The second-order valence-corrected chi connectivity index (χ2v) is 11.6. The van der Waals surface area contributed by atoms with Crippen molar-refractivity contribution in [2.45, 2.75) is 36.3 Å². The van der Waals surface area contributed by atoms with Crippen molar-refractivity contribution in [1.82, 2.24) is 4.90 Å². The van der Waals surface area contributed by atoms with Crippen molar-refractivity contribution < 1.29 is 4.79 Å². The molecular weight excluding hydrogens is 448 g/mol. The number of carbonyl (C=O) groups excluding carboxylic acids is 1. The highest BCUT2D eigenvalue weighted by atomic mass is 32.2. The van der Waals surface area contributed by atoms with Crippen LogP contribution in [-0.2, 0) is 16.6 Å². The highest BCUT2D eigenvalue weighted by Crippen LogP contribution is 2.53. The smallest absolute Gasteiger partial charge is 0.227 e. The summed E-state index contributed by atoms with van der Waals surface area (Å²) in [6, 6.07) is 30.7. The highest BCUT2D eigenvalue weighted by Gasteiger charge is 2.52. The standard InChI is InChI=1S/C31H34N2OS/c34-30(21-24-11-7-8-16-28(24)32-18-9-10-19-32)33-22-27-29(23-33)35-20-17-31(27,25-12-3-1-4-13-25)26-14-5-2-6-15-26/h1-8,11-16,27,29H,9-10,17-23H2/t27-,29+/m0/s1. The molecule has 3 aliphatic rings. The van der Waals surface area contributed by atoms with Gasteiger partial charge in [-0.05, 0) is 47.8 Å². The van der Waals surface area contributed by atoms with Crippen LogP contribution >= 0.6 is 11.8 Å². The number of carbonyl (C=O) groups is 1. The van der Waals surface area contributed by atoms with Crippen molar-refractivity contribution in [2.24, 2.45) is 5.92 Å². The van der Waals surface area contributed by atoms with Crippen LogP contribution in [0, 0.1) is 5.92 Å². The van der Waals surface area contributed by atoms with E-state index in [0.29, 0.717) is 17.6 Å². The Morgan fingerprint density at radius 1 is 0.829 bits per heavy atom. The molecule has 4 heteroatoms. The summed E-state index contributed by atoms with van der Waals surface area (Å²) in [5, 5.41) is 0.474. The van der Waals surface area contributed by atoms with Gasteiger partial charge in [-0.1, -0.05) is 78.9 Å². The molecule has 0 unspecified atom stereocenters. The molecule has 3 saturated heterocycles. The topological polar surface area (TPSA) is 23.6 Å². The normalized spacial score (nSPS) is 23.3. The van der Waals surface area contributed by atoms with E-state index in [1.165, 1.54) is 35.2 Å². The third-order valence-electron chi connectivity index (χ3n) is 8.44. The van der Waals surface area contributed by atoms with E-state index in [-0.39, 0.29) is 11.3 Å². The van der Waals surface area contributed by atoms with Crippen molar-refractivity contribution in [3.8, 4) is 0 Å². The third-order valence-corrected chi connectivity index (χ3v) is 9.78. The predicted molar refractivity (Wildman–Crippen MR) is 146 cm³/mol. The van der Waals surface area contributed by atoms with Crippen molar-refractivity contribution in [3.05, 3.63) is 102 Å². The average molecular weight is 483 g/mol. The van der Waals surface area contributed by atoms with Crippen LogP contribution in [-0.4, -0.2) is 48.0 Å². The second kappa shape index (κ2) is 9.73. The maximum Gasteiger partial charge on any atom is 0.227 e. The summed E-state index contributed by atoms with van der Waals surface area (Å²) < 4.78 is 0. The fourth-order valence-corrected chi connectivity index (χ4v) is 8.31. The van der Waals surface area contributed by atoms with Gasteiger partial charge in [-0.3, -0.25) is 4.79 Å². The molecule has 3 aliphatic heterocycles. The summed E-state index contributed by atoms with van der Waals surface area (Å²) >= 11 is 2.07. The van der Waals surface area contributed by atoms with Crippen molar-refractivity contribution in [3.63, 3.8) is 0 Å². The number of rotatable bonds is 5. The summed E-state index contributed by atoms with van der Waals surface area (Å²) in [4.78, 5) is 18.3. The number of fused-ring (bicyclic) bond motifs is 1. The average Bonchev–Trinajstić information content (AvgIpc) is 3.61.